The molecule has 1 aromatic carbocycles. The van der Waals surface area contributed by atoms with Crippen molar-refractivity contribution in [2.75, 3.05) is 26.0 Å². The lowest BCUT2D eigenvalue weighted by Crippen LogP contribution is -2.20. The standard InChI is InChI=1S/C18H25N3/c1-5-14-9-10-16(20-13-14)12-18(19-2)15-7-6-8-17(11-15)21(3)4/h6-11,13,18-19H,5,12H2,1-4H3. The van der Waals surface area contributed by atoms with Gasteiger partial charge in [-0.3, -0.25) is 4.98 Å². The van der Waals surface area contributed by atoms with Gasteiger partial charge in [0.15, 0.2) is 0 Å². The summed E-state index contributed by atoms with van der Waals surface area (Å²) in [5.74, 6) is 0. The van der Waals surface area contributed by atoms with Gasteiger partial charge < -0.3 is 10.2 Å². The lowest BCUT2D eigenvalue weighted by Gasteiger charge is -2.19. The van der Waals surface area contributed by atoms with E-state index in [2.05, 4.69) is 72.6 Å². The number of nitrogens with one attached hydrogen (secondary N) is 1. The molecular weight excluding hydrogens is 258 g/mol. The summed E-state index contributed by atoms with van der Waals surface area (Å²) in [6, 6.07) is 13.2. The van der Waals surface area contributed by atoms with E-state index in [4.69, 9.17) is 0 Å². The van der Waals surface area contributed by atoms with Crippen molar-refractivity contribution in [1.82, 2.24) is 10.3 Å². The quantitative estimate of drug-likeness (QED) is 0.882. The molecule has 2 aromatic rings. The Bertz CT molecular complexity index is 561. The highest BCUT2D eigenvalue weighted by Gasteiger charge is 2.12. The van der Waals surface area contributed by atoms with Crippen LogP contribution in [0.25, 0.3) is 0 Å². The Morgan fingerprint density at radius 3 is 2.57 bits per heavy atom. The van der Waals surface area contributed by atoms with Crippen LogP contribution in [0.5, 0.6) is 0 Å². The van der Waals surface area contributed by atoms with Gasteiger partial charge in [-0.25, -0.2) is 0 Å². The van der Waals surface area contributed by atoms with E-state index in [1.54, 1.807) is 0 Å². The van der Waals surface area contributed by atoms with E-state index < -0.39 is 0 Å². The first kappa shape index (κ1) is 15.5. The number of benzene rings is 1. The molecule has 1 unspecified atom stereocenters. The molecule has 0 bridgehead atoms. The van der Waals surface area contributed by atoms with Crippen LogP contribution in [0.4, 0.5) is 5.69 Å². The molecule has 0 aliphatic heterocycles. The number of nitrogens with zero attached hydrogens (tertiary/aromatic N) is 2. The van der Waals surface area contributed by atoms with Gasteiger partial charge in [-0.1, -0.05) is 25.1 Å². The number of anilines is 1. The Morgan fingerprint density at radius 1 is 1.19 bits per heavy atom. The first-order valence-electron chi connectivity index (χ1n) is 7.52. The molecule has 1 aromatic heterocycles. The number of aromatic nitrogens is 1. The molecule has 0 amide bonds. The Morgan fingerprint density at radius 2 is 2.00 bits per heavy atom. The molecule has 3 nitrogen and oxygen atoms in total. The topological polar surface area (TPSA) is 28.2 Å². The van der Waals surface area contributed by atoms with Crippen LogP contribution < -0.4 is 10.2 Å². The minimum Gasteiger partial charge on any atom is -0.378 e. The fourth-order valence-corrected chi connectivity index (χ4v) is 2.40. The van der Waals surface area contributed by atoms with Gasteiger partial charge in [-0.15, -0.1) is 0 Å². The molecule has 0 spiro atoms. The van der Waals surface area contributed by atoms with E-state index in [-0.39, 0.29) is 6.04 Å². The molecule has 0 aliphatic carbocycles. The zero-order valence-corrected chi connectivity index (χ0v) is 13.4. The highest BCUT2D eigenvalue weighted by molar-refractivity contribution is 5.48. The second-order valence-corrected chi connectivity index (χ2v) is 5.55. The fraction of sp³-hybridized carbons (Fsp3) is 0.389. The Labute approximate surface area is 128 Å². The smallest absolute Gasteiger partial charge is 0.0422 e. The van der Waals surface area contributed by atoms with E-state index in [9.17, 15) is 0 Å². The van der Waals surface area contributed by atoms with Gasteiger partial charge in [0.25, 0.3) is 0 Å². The third-order valence-corrected chi connectivity index (χ3v) is 3.84. The van der Waals surface area contributed by atoms with Gasteiger partial charge in [0.05, 0.1) is 0 Å². The lowest BCUT2D eigenvalue weighted by atomic mass is 10.0. The van der Waals surface area contributed by atoms with Crippen molar-refractivity contribution in [3.8, 4) is 0 Å². The predicted molar refractivity (Wildman–Crippen MR) is 89.9 cm³/mol. The monoisotopic (exact) mass is 283 g/mol. The average Bonchev–Trinajstić information content (AvgIpc) is 2.53. The fourth-order valence-electron chi connectivity index (χ4n) is 2.40. The maximum atomic E-state index is 4.57. The lowest BCUT2D eigenvalue weighted by molar-refractivity contribution is 0.584. The predicted octanol–water partition coefficient (Wildman–Crippen LogP) is 3.21. The van der Waals surface area contributed by atoms with Gasteiger partial charge in [0.1, 0.15) is 0 Å². The van der Waals surface area contributed by atoms with Crippen LogP contribution in [0.1, 0.15) is 29.8 Å². The van der Waals surface area contributed by atoms with Crippen LogP contribution in [-0.2, 0) is 12.8 Å². The Kier molecular flexibility index (Phi) is 5.34. The molecule has 3 heteroatoms. The third-order valence-electron chi connectivity index (χ3n) is 3.84. The first-order chi connectivity index (χ1) is 10.1. The van der Waals surface area contributed by atoms with Crippen LogP contribution in [0.15, 0.2) is 42.6 Å². The number of aryl methyl sites for hydroxylation is 1. The van der Waals surface area contributed by atoms with Crippen molar-refractivity contribution >= 4 is 5.69 Å². The molecule has 0 fully saturated rings. The van der Waals surface area contributed by atoms with Crippen molar-refractivity contribution in [3.63, 3.8) is 0 Å². The molecule has 1 heterocycles. The first-order valence-corrected chi connectivity index (χ1v) is 7.52. The molecule has 0 aliphatic rings. The van der Waals surface area contributed by atoms with Gasteiger partial charge >= 0.3 is 0 Å². The van der Waals surface area contributed by atoms with E-state index in [1.807, 2.05) is 13.2 Å². The molecular formula is C18H25N3. The Hall–Kier alpha value is -1.87. The van der Waals surface area contributed by atoms with Crippen molar-refractivity contribution in [2.24, 2.45) is 0 Å². The molecule has 112 valence electrons. The summed E-state index contributed by atoms with van der Waals surface area (Å²) >= 11 is 0. The minimum atomic E-state index is 0.282. The summed E-state index contributed by atoms with van der Waals surface area (Å²) in [5, 5.41) is 3.40. The molecule has 2 rings (SSSR count). The van der Waals surface area contributed by atoms with Crippen LogP contribution >= 0.6 is 0 Å². The van der Waals surface area contributed by atoms with Gasteiger partial charge in [0.2, 0.25) is 0 Å². The number of rotatable bonds is 6. The number of pyridine rings is 1. The Balaban J connectivity index is 2.17. The number of hydrogen-bond acceptors (Lipinski definition) is 3. The highest BCUT2D eigenvalue weighted by Crippen LogP contribution is 2.22. The van der Waals surface area contributed by atoms with Crippen LogP contribution in [0, 0.1) is 0 Å². The van der Waals surface area contributed by atoms with E-state index in [1.165, 1.54) is 16.8 Å². The third kappa shape index (κ3) is 4.05. The number of hydrogen-bond donors (Lipinski definition) is 1. The summed E-state index contributed by atoms with van der Waals surface area (Å²) in [7, 11) is 6.14. The molecule has 0 saturated carbocycles. The summed E-state index contributed by atoms with van der Waals surface area (Å²) in [5.41, 5.74) is 4.93. The van der Waals surface area contributed by atoms with E-state index in [0.29, 0.717) is 0 Å². The van der Waals surface area contributed by atoms with Crippen molar-refractivity contribution < 1.29 is 0 Å². The summed E-state index contributed by atoms with van der Waals surface area (Å²) < 4.78 is 0. The normalized spacial score (nSPS) is 12.2. The zero-order chi connectivity index (χ0) is 15.2. The highest BCUT2D eigenvalue weighted by atomic mass is 15.1. The minimum absolute atomic E-state index is 0.282. The SMILES string of the molecule is CCc1ccc(CC(NC)c2cccc(N(C)C)c2)nc1. The second kappa shape index (κ2) is 7.23. The summed E-state index contributed by atoms with van der Waals surface area (Å²) in [6.45, 7) is 2.15. The van der Waals surface area contributed by atoms with Crippen molar-refractivity contribution in [1.29, 1.82) is 0 Å². The van der Waals surface area contributed by atoms with Gasteiger partial charge in [0, 0.05) is 44.1 Å². The largest absolute Gasteiger partial charge is 0.378 e. The van der Waals surface area contributed by atoms with E-state index >= 15 is 0 Å². The second-order valence-electron chi connectivity index (χ2n) is 5.55. The molecule has 21 heavy (non-hydrogen) atoms. The summed E-state index contributed by atoms with van der Waals surface area (Å²) in [6.07, 6.45) is 3.92. The van der Waals surface area contributed by atoms with Gasteiger partial charge in [-0.2, -0.15) is 0 Å². The average molecular weight is 283 g/mol. The zero-order valence-electron chi connectivity index (χ0n) is 13.4. The van der Waals surface area contributed by atoms with Gasteiger partial charge in [-0.05, 0) is 42.8 Å². The molecule has 0 radical (unpaired) electrons. The van der Waals surface area contributed by atoms with E-state index in [0.717, 1.165) is 18.5 Å². The molecule has 0 saturated heterocycles. The summed E-state index contributed by atoms with van der Waals surface area (Å²) in [4.78, 5) is 6.70. The van der Waals surface area contributed by atoms with Crippen LogP contribution in [-0.4, -0.2) is 26.1 Å². The molecule has 1 atom stereocenters. The van der Waals surface area contributed by atoms with Crippen molar-refractivity contribution in [3.05, 3.63) is 59.4 Å². The maximum Gasteiger partial charge on any atom is 0.0422 e. The van der Waals surface area contributed by atoms with Crippen molar-refractivity contribution in [2.45, 2.75) is 25.8 Å². The van der Waals surface area contributed by atoms with Crippen LogP contribution in [0.3, 0.4) is 0 Å². The number of likely N-dealkylation sites (N-methyl/N-ethyl adjacent to an activating group) is 1. The molecule has 1 N–H and O–H groups in total. The maximum absolute atomic E-state index is 4.57. The van der Waals surface area contributed by atoms with Crippen LogP contribution in [0.2, 0.25) is 0 Å².